The minimum atomic E-state index is -0.00801. The summed E-state index contributed by atoms with van der Waals surface area (Å²) < 4.78 is 0. The van der Waals surface area contributed by atoms with E-state index in [1.165, 1.54) is 0 Å². The van der Waals surface area contributed by atoms with Crippen molar-refractivity contribution >= 4 is 23.4 Å². The second-order valence-electron chi connectivity index (χ2n) is 4.93. The Morgan fingerprint density at radius 2 is 2.00 bits per heavy atom. The summed E-state index contributed by atoms with van der Waals surface area (Å²) >= 11 is 1.57. The number of hydrogen-bond acceptors (Lipinski definition) is 3. The Morgan fingerprint density at radius 3 is 2.57 bits per heavy atom. The molecule has 0 N–H and O–H groups in total. The van der Waals surface area contributed by atoms with E-state index < -0.39 is 0 Å². The predicted octanol–water partition coefficient (Wildman–Crippen LogP) is 4.09. The summed E-state index contributed by atoms with van der Waals surface area (Å²) in [6.07, 6.45) is 3.63. The summed E-state index contributed by atoms with van der Waals surface area (Å²) in [5.41, 5.74) is 3.84. The van der Waals surface area contributed by atoms with E-state index in [4.69, 9.17) is 0 Å². The van der Waals surface area contributed by atoms with E-state index in [2.05, 4.69) is 23.2 Å². The molecule has 3 nitrogen and oxygen atoms in total. The zero-order valence-electron chi connectivity index (χ0n) is 12.9. The van der Waals surface area contributed by atoms with Crippen LogP contribution in [-0.4, -0.2) is 23.7 Å². The van der Waals surface area contributed by atoms with E-state index >= 15 is 0 Å². The van der Waals surface area contributed by atoms with Crippen molar-refractivity contribution in [3.05, 3.63) is 53.2 Å². The molecule has 0 bridgehead atoms. The molecule has 1 heterocycles. The lowest BCUT2D eigenvalue weighted by atomic mass is 10.1. The number of carbonyl (C=O) groups is 1. The first kappa shape index (κ1) is 15.6. The van der Waals surface area contributed by atoms with E-state index in [1.807, 2.05) is 39.2 Å². The average Bonchev–Trinajstić information content (AvgIpc) is 2.51. The third-order valence-electron chi connectivity index (χ3n) is 3.41. The maximum atomic E-state index is 12.7. The molecular formula is C17H20N2OS. The van der Waals surface area contributed by atoms with Gasteiger partial charge < -0.3 is 4.90 Å². The Kier molecular flexibility index (Phi) is 5.02. The van der Waals surface area contributed by atoms with Crippen LogP contribution in [0, 0.1) is 13.8 Å². The summed E-state index contributed by atoms with van der Waals surface area (Å²) in [5.74, 6) is -0.00801. The molecule has 0 spiro atoms. The van der Waals surface area contributed by atoms with Gasteiger partial charge in [-0.15, -0.1) is 11.8 Å². The molecular weight excluding hydrogens is 280 g/mol. The van der Waals surface area contributed by atoms with Gasteiger partial charge in [0.05, 0.1) is 10.6 Å². The SMILES string of the molecule is CCN(C(=O)c1ccc(SC)nc1)c1cc(C)ccc1C. The molecule has 2 aromatic rings. The van der Waals surface area contributed by atoms with Gasteiger partial charge in [-0.25, -0.2) is 4.98 Å². The smallest absolute Gasteiger partial charge is 0.259 e. The van der Waals surface area contributed by atoms with Gasteiger partial charge in [0.2, 0.25) is 0 Å². The zero-order valence-corrected chi connectivity index (χ0v) is 13.7. The number of pyridine rings is 1. The lowest BCUT2D eigenvalue weighted by molar-refractivity contribution is 0.0987. The number of anilines is 1. The van der Waals surface area contributed by atoms with Gasteiger partial charge in [-0.05, 0) is 56.4 Å². The van der Waals surface area contributed by atoms with Crippen molar-refractivity contribution in [3.63, 3.8) is 0 Å². The maximum Gasteiger partial charge on any atom is 0.259 e. The van der Waals surface area contributed by atoms with Gasteiger partial charge in [0.1, 0.15) is 0 Å². The quantitative estimate of drug-likeness (QED) is 0.797. The third kappa shape index (κ3) is 3.45. The van der Waals surface area contributed by atoms with E-state index in [1.54, 1.807) is 22.9 Å². The highest BCUT2D eigenvalue weighted by Gasteiger charge is 2.18. The van der Waals surface area contributed by atoms with Crippen molar-refractivity contribution in [1.82, 2.24) is 4.98 Å². The summed E-state index contributed by atoms with van der Waals surface area (Å²) in [6, 6.07) is 9.89. The van der Waals surface area contributed by atoms with Gasteiger partial charge in [-0.2, -0.15) is 0 Å². The van der Waals surface area contributed by atoms with Crippen molar-refractivity contribution in [3.8, 4) is 0 Å². The Balaban J connectivity index is 2.35. The first-order valence-electron chi connectivity index (χ1n) is 6.96. The Morgan fingerprint density at radius 1 is 1.24 bits per heavy atom. The normalized spacial score (nSPS) is 10.5. The number of benzene rings is 1. The number of nitrogens with zero attached hydrogens (tertiary/aromatic N) is 2. The van der Waals surface area contributed by atoms with Crippen LogP contribution in [0.5, 0.6) is 0 Å². The molecule has 0 saturated heterocycles. The minimum absolute atomic E-state index is 0.00801. The van der Waals surface area contributed by atoms with Gasteiger partial charge in [-0.3, -0.25) is 4.79 Å². The highest BCUT2D eigenvalue weighted by molar-refractivity contribution is 7.98. The van der Waals surface area contributed by atoms with Gasteiger partial charge in [0, 0.05) is 18.4 Å². The van der Waals surface area contributed by atoms with Crippen LogP contribution in [0.1, 0.15) is 28.4 Å². The van der Waals surface area contributed by atoms with Crippen LogP contribution in [0.15, 0.2) is 41.6 Å². The lowest BCUT2D eigenvalue weighted by Gasteiger charge is -2.23. The van der Waals surface area contributed by atoms with Crippen LogP contribution < -0.4 is 4.90 Å². The Bertz CT molecular complexity index is 638. The summed E-state index contributed by atoms with van der Waals surface area (Å²) in [7, 11) is 0. The molecule has 0 unspecified atom stereocenters. The number of hydrogen-bond donors (Lipinski definition) is 0. The second kappa shape index (κ2) is 6.76. The van der Waals surface area contributed by atoms with Gasteiger partial charge >= 0.3 is 0 Å². The number of carbonyl (C=O) groups excluding carboxylic acids is 1. The number of rotatable bonds is 4. The fraction of sp³-hybridized carbons (Fsp3) is 0.294. The number of amides is 1. The second-order valence-corrected chi connectivity index (χ2v) is 5.76. The average molecular weight is 300 g/mol. The molecule has 2 rings (SSSR count). The maximum absolute atomic E-state index is 12.7. The van der Waals surface area contributed by atoms with Gasteiger partial charge in [0.15, 0.2) is 0 Å². The number of aryl methyl sites for hydroxylation is 2. The van der Waals surface area contributed by atoms with Gasteiger partial charge in [0.25, 0.3) is 5.91 Å². The number of aromatic nitrogens is 1. The zero-order chi connectivity index (χ0) is 15.4. The molecule has 0 fully saturated rings. The molecule has 21 heavy (non-hydrogen) atoms. The predicted molar refractivity (Wildman–Crippen MR) is 89.3 cm³/mol. The molecule has 0 aliphatic heterocycles. The fourth-order valence-electron chi connectivity index (χ4n) is 2.22. The molecule has 1 aromatic carbocycles. The van der Waals surface area contributed by atoms with Crippen LogP contribution >= 0.6 is 11.8 Å². The molecule has 1 aromatic heterocycles. The molecule has 0 aliphatic rings. The molecule has 0 aliphatic carbocycles. The van der Waals surface area contributed by atoms with E-state index in [-0.39, 0.29) is 5.91 Å². The molecule has 1 amide bonds. The lowest BCUT2D eigenvalue weighted by Crippen LogP contribution is -2.31. The summed E-state index contributed by atoms with van der Waals surface area (Å²) in [4.78, 5) is 18.8. The molecule has 110 valence electrons. The Labute approximate surface area is 130 Å². The Hall–Kier alpha value is -1.81. The standard InChI is InChI=1S/C17H20N2OS/c1-5-19(15-10-12(2)6-7-13(15)3)17(20)14-8-9-16(21-4)18-11-14/h6-11H,5H2,1-4H3. The minimum Gasteiger partial charge on any atom is -0.308 e. The van der Waals surface area contributed by atoms with Crippen LogP contribution in [0.25, 0.3) is 0 Å². The molecule has 0 saturated carbocycles. The molecule has 0 radical (unpaired) electrons. The first-order chi connectivity index (χ1) is 10.1. The van der Waals surface area contributed by atoms with E-state index in [9.17, 15) is 4.79 Å². The van der Waals surface area contributed by atoms with Crippen LogP contribution in [0.3, 0.4) is 0 Å². The van der Waals surface area contributed by atoms with Gasteiger partial charge in [-0.1, -0.05) is 12.1 Å². The van der Waals surface area contributed by atoms with Crippen molar-refractivity contribution in [2.45, 2.75) is 25.8 Å². The summed E-state index contributed by atoms with van der Waals surface area (Å²) in [6.45, 7) is 6.69. The molecule has 0 atom stereocenters. The largest absolute Gasteiger partial charge is 0.308 e. The highest BCUT2D eigenvalue weighted by Crippen LogP contribution is 2.23. The van der Waals surface area contributed by atoms with Crippen molar-refractivity contribution in [2.24, 2.45) is 0 Å². The number of thioether (sulfide) groups is 1. The topological polar surface area (TPSA) is 33.2 Å². The summed E-state index contributed by atoms with van der Waals surface area (Å²) in [5, 5.41) is 0.918. The van der Waals surface area contributed by atoms with Crippen molar-refractivity contribution < 1.29 is 4.79 Å². The van der Waals surface area contributed by atoms with E-state index in [0.717, 1.165) is 21.8 Å². The third-order valence-corrected chi connectivity index (χ3v) is 4.07. The fourth-order valence-corrected chi connectivity index (χ4v) is 2.58. The van der Waals surface area contributed by atoms with Crippen molar-refractivity contribution in [2.75, 3.05) is 17.7 Å². The van der Waals surface area contributed by atoms with E-state index in [0.29, 0.717) is 12.1 Å². The first-order valence-corrected chi connectivity index (χ1v) is 8.18. The van der Waals surface area contributed by atoms with Crippen molar-refractivity contribution in [1.29, 1.82) is 0 Å². The van der Waals surface area contributed by atoms with Crippen LogP contribution in [0.4, 0.5) is 5.69 Å². The van der Waals surface area contributed by atoms with Crippen LogP contribution in [-0.2, 0) is 0 Å². The molecule has 4 heteroatoms. The highest BCUT2D eigenvalue weighted by atomic mass is 32.2. The monoisotopic (exact) mass is 300 g/mol. The van der Waals surface area contributed by atoms with Crippen LogP contribution in [0.2, 0.25) is 0 Å².